The Labute approximate surface area is 363 Å². The Morgan fingerprint density at radius 2 is 0.810 bits per heavy atom. The minimum atomic E-state index is -0.216. The highest BCUT2D eigenvalue weighted by molar-refractivity contribution is 6.31. The summed E-state index contributed by atoms with van der Waals surface area (Å²) in [7, 11) is 0. The summed E-state index contributed by atoms with van der Waals surface area (Å²) in [5.41, 5.74) is 16.1. The molecule has 2 aromatic heterocycles. The molecule has 1 aliphatic rings. The van der Waals surface area contributed by atoms with Gasteiger partial charge >= 0.3 is 0 Å². The molecule has 13 aromatic rings. The van der Waals surface area contributed by atoms with Crippen molar-refractivity contribution < 1.29 is 8.83 Å². The fraction of sp³-hybridized carbons (Fsp3) is 0.0492. The molecule has 294 valence electrons. The molecule has 0 radical (unpaired) electrons. The van der Waals surface area contributed by atoms with Gasteiger partial charge in [0, 0.05) is 32.3 Å². The first kappa shape index (κ1) is 34.7. The molecule has 0 N–H and O–H groups in total. The smallest absolute Gasteiger partial charge is 0.136 e. The number of fused-ring (bicyclic) bond motifs is 15. The first-order chi connectivity index (χ1) is 31.0. The van der Waals surface area contributed by atoms with Crippen LogP contribution in [0.2, 0.25) is 0 Å². The van der Waals surface area contributed by atoms with Gasteiger partial charge < -0.3 is 8.83 Å². The molecule has 14 rings (SSSR count). The van der Waals surface area contributed by atoms with Crippen LogP contribution in [0.15, 0.2) is 203 Å². The van der Waals surface area contributed by atoms with Gasteiger partial charge in [0.2, 0.25) is 0 Å². The monoisotopic (exact) mass is 802 g/mol. The average Bonchev–Trinajstić information content (AvgIpc) is 3.97. The molecule has 0 fully saturated rings. The van der Waals surface area contributed by atoms with E-state index in [1.165, 1.54) is 93.2 Å². The Balaban J connectivity index is 0.897. The van der Waals surface area contributed by atoms with Gasteiger partial charge in [0.15, 0.2) is 0 Å². The molecular formula is C61H38O2. The minimum Gasteiger partial charge on any atom is -0.456 e. The largest absolute Gasteiger partial charge is 0.456 e. The lowest BCUT2D eigenvalue weighted by atomic mass is 9.80. The Kier molecular flexibility index (Phi) is 6.93. The lowest BCUT2D eigenvalue weighted by Crippen LogP contribution is -2.15. The summed E-state index contributed by atoms with van der Waals surface area (Å²) in [4.78, 5) is 0. The Bertz CT molecular complexity index is 4060. The fourth-order valence-corrected chi connectivity index (χ4v) is 11.3. The van der Waals surface area contributed by atoms with Gasteiger partial charge in [0.05, 0.1) is 0 Å². The molecule has 2 heterocycles. The number of benzene rings is 11. The highest BCUT2D eigenvalue weighted by Gasteiger charge is 2.36. The van der Waals surface area contributed by atoms with Gasteiger partial charge in [-0.2, -0.15) is 0 Å². The first-order valence-electron chi connectivity index (χ1n) is 21.9. The van der Waals surface area contributed by atoms with Crippen molar-refractivity contribution in [2.75, 3.05) is 0 Å². The lowest BCUT2D eigenvalue weighted by molar-refractivity contribution is 0.661. The van der Waals surface area contributed by atoms with Gasteiger partial charge in [-0.1, -0.05) is 166 Å². The van der Waals surface area contributed by atoms with Crippen LogP contribution in [0.1, 0.15) is 25.0 Å². The summed E-state index contributed by atoms with van der Waals surface area (Å²) in [6.45, 7) is 4.78. The number of hydrogen-bond donors (Lipinski definition) is 0. The summed E-state index contributed by atoms with van der Waals surface area (Å²) in [5, 5.41) is 14.5. The van der Waals surface area contributed by atoms with E-state index in [1.54, 1.807) is 0 Å². The number of para-hydroxylation sites is 1. The summed E-state index contributed by atoms with van der Waals surface area (Å²) in [6, 6.07) is 71.2. The zero-order chi connectivity index (χ0) is 41.6. The molecule has 0 bridgehead atoms. The molecule has 0 saturated carbocycles. The zero-order valence-electron chi connectivity index (χ0n) is 34.8. The maximum absolute atomic E-state index is 6.68. The van der Waals surface area contributed by atoms with Crippen LogP contribution in [-0.2, 0) is 5.41 Å². The Hall–Kier alpha value is -7.94. The van der Waals surface area contributed by atoms with E-state index < -0.39 is 0 Å². The third-order valence-electron chi connectivity index (χ3n) is 14.2. The molecule has 0 atom stereocenters. The van der Waals surface area contributed by atoms with Crippen molar-refractivity contribution in [2.45, 2.75) is 19.3 Å². The molecule has 1 aliphatic carbocycles. The second kappa shape index (κ2) is 12.6. The van der Waals surface area contributed by atoms with Crippen molar-refractivity contribution in [1.82, 2.24) is 0 Å². The molecule has 0 unspecified atom stereocenters. The Morgan fingerprint density at radius 3 is 1.51 bits per heavy atom. The number of hydrogen-bond acceptors (Lipinski definition) is 2. The van der Waals surface area contributed by atoms with Crippen molar-refractivity contribution in [1.29, 1.82) is 0 Å². The van der Waals surface area contributed by atoms with Crippen LogP contribution < -0.4 is 0 Å². The minimum absolute atomic E-state index is 0.216. The van der Waals surface area contributed by atoms with E-state index in [2.05, 4.69) is 196 Å². The van der Waals surface area contributed by atoms with Crippen LogP contribution in [0.25, 0.3) is 131 Å². The van der Waals surface area contributed by atoms with E-state index in [1.807, 2.05) is 12.1 Å². The van der Waals surface area contributed by atoms with E-state index in [0.29, 0.717) is 0 Å². The topological polar surface area (TPSA) is 26.3 Å². The summed E-state index contributed by atoms with van der Waals surface area (Å²) < 4.78 is 13.0. The SMILES string of the molecule is CC1(C)c2cc(-c3ccc4c(c3)oc3ccc5ccc6oc7ccccc7c6c5c34)ccc2-c2ccc(-c3c4ccccc4c(-c4cccc5ccccc45)c4ccccc34)cc21. The highest BCUT2D eigenvalue weighted by Crippen LogP contribution is 2.53. The maximum atomic E-state index is 6.68. The quantitative estimate of drug-likeness (QED) is 0.166. The van der Waals surface area contributed by atoms with Crippen LogP contribution in [0.5, 0.6) is 0 Å². The molecule has 0 spiro atoms. The number of furan rings is 2. The Morgan fingerprint density at radius 1 is 0.302 bits per heavy atom. The van der Waals surface area contributed by atoms with E-state index in [9.17, 15) is 0 Å². The second-order valence-electron chi connectivity index (χ2n) is 17.9. The third kappa shape index (κ3) is 4.78. The normalized spacial score (nSPS) is 13.4. The van der Waals surface area contributed by atoms with Gasteiger partial charge in [-0.15, -0.1) is 0 Å². The van der Waals surface area contributed by atoms with Crippen LogP contribution in [0.3, 0.4) is 0 Å². The number of rotatable bonds is 3. The second-order valence-corrected chi connectivity index (χ2v) is 17.9. The summed E-state index contributed by atoms with van der Waals surface area (Å²) in [6.07, 6.45) is 0. The highest BCUT2D eigenvalue weighted by atomic mass is 16.3. The molecule has 0 saturated heterocycles. The third-order valence-corrected chi connectivity index (χ3v) is 14.2. The van der Waals surface area contributed by atoms with Crippen molar-refractivity contribution in [3.05, 3.63) is 205 Å². The van der Waals surface area contributed by atoms with E-state index in [-0.39, 0.29) is 5.41 Å². The molecule has 0 amide bonds. The summed E-state index contributed by atoms with van der Waals surface area (Å²) >= 11 is 0. The van der Waals surface area contributed by atoms with Crippen LogP contribution >= 0.6 is 0 Å². The molecule has 2 heteroatoms. The van der Waals surface area contributed by atoms with Crippen molar-refractivity contribution in [2.24, 2.45) is 0 Å². The van der Waals surface area contributed by atoms with Gasteiger partial charge in [-0.05, 0) is 136 Å². The van der Waals surface area contributed by atoms with Crippen molar-refractivity contribution >= 4 is 87.0 Å². The predicted molar refractivity (Wildman–Crippen MR) is 265 cm³/mol. The molecule has 0 aliphatic heterocycles. The van der Waals surface area contributed by atoms with E-state index in [0.717, 1.165) is 49.4 Å². The molecule has 2 nitrogen and oxygen atoms in total. The van der Waals surface area contributed by atoms with Gasteiger partial charge in [0.25, 0.3) is 0 Å². The standard InChI is InChI=1S/C61H38O2/c1-61(2)50-32-37(38-23-29-49-55(34-38)63-54-31-26-36-25-30-53-59(57(36)60(49)54)48-19-9-10-21-52(48)62-53)22-27-41(50)42-28-24-39(33-51(42)61)56-44-15-5-7-17-46(44)58(47-18-8-6-16-45(47)56)43-20-11-13-35-12-3-4-14-40(35)43/h3-34H,1-2H3. The summed E-state index contributed by atoms with van der Waals surface area (Å²) in [5.74, 6) is 0. The fourth-order valence-electron chi connectivity index (χ4n) is 11.3. The van der Waals surface area contributed by atoms with Crippen LogP contribution in [-0.4, -0.2) is 0 Å². The first-order valence-corrected chi connectivity index (χ1v) is 21.9. The van der Waals surface area contributed by atoms with E-state index >= 15 is 0 Å². The van der Waals surface area contributed by atoms with Gasteiger partial charge in [-0.25, -0.2) is 0 Å². The van der Waals surface area contributed by atoms with Crippen LogP contribution in [0.4, 0.5) is 0 Å². The van der Waals surface area contributed by atoms with Crippen LogP contribution in [0, 0.1) is 0 Å². The zero-order valence-corrected chi connectivity index (χ0v) is 34.8. The molecular weight excluding hydrogens is 765 g/mol. The van der Waals surface area contributed by atoms with E-state index in [4.69, 9.17) is 8.83 Å². The average molecular weight is 803 g/mol. The maximum Gasteiger partial charge on any atom is 0.136 e. The molecule has 11 aromatic carbocycles. The van der Waals surface area contributed by atoms with Crippen molar-refractivity contribution in [3.63, 3.8) is 0 Å². The van der Waals surface area contributed by atoms with Gasteiger partial charge in [0.1, 0.15) is 22.3 Å². The van der Waals surface area contributed by atoms with Gasteiger partial charge in [-0.3, -0.25) is 0 Å². The predicted octanol–water partition coefficient (Wildman–Crippen LogP) is 17.4. The molecule has 63 heavy (non-hydrogen) atoms. The van der Waals surface area contributed by atoms with Crippen molar-refractivity contribution in [3.8, 4) is 44.5 Å². The lowest BCUT2D eigenvalue weighted by Gasteiger charge is -2.23.